The maximum atomic E-state index is 5.11. The summed E-state index contributed by atoms with van der Waals surface area (Å²) in [6.07, 6.45) is 1.87. The number of hydrogen-bond acceptors (Lipinski definition) is 3. The molecule has 27 heavy (non-hydrogen) atoms. The van der Waals surface area contributed by atoms with Crippen LogP contribution in [0.15, 0.2) is 48.7 Å². The Bertz CT molecular complexity index is 1320. The number of aryl methyl sites for hydroxylation is 2. The van der Waals surface area contributed by atoms with Gasteiger partial charge in [0.1, 0.15) is 10.7 Å². The number of benzene rings is 2. The summed E-state index contributed by atoms with van der Waals surface area (Å²) in [5.74, 6) is 1.05. The van der Waals surface area contributed by atoms with Gasteiger partial charge in [-0.1, -0.05) is 18.2 Å². The van der Waals surface area contributed by atoms with Crippen molar-refractivity contribution < 1.29 is 0 Å². The summed E-state index contributed by atoms with van der Waals surface area (Å²) in [6, 6.07) is 15.5. The van der Waals surface area contributed by atoms with Crippen LogP contribution in [0.1, 0.15) is 31.0 Å². The predicted octanol–water partition coefficient (Wildman–Crippen LogP) is 6.66. The van der Waals surface area contributed by atoms with E-state index in [0.717, 1.165) is 16.2 Å². The van der Waals surface area contributed by atoms with E-state index in [1.54, 1.807) is 11.3 Å². The standard InChI is InChI=1S/C23H21N3S/c1-13(2)26-19-12-14(3)11-15(4)20(19)25-22(26)18-8-5-7-16-17-9-6-10-24-23(17)27-21(16)18/h5-13H,1-4H3. The largest absolute Gasteiger partial charge is 0.321 e. The molecule has 5 aromatic rings. The molecule has 3 nitrogen and oxygen atoms in total. The Hall–Kier alpha value is -2.72. The van der Waals surface area contributed by atoms with Crippen LogP contribution in [0.2, 0.25) is 0 Å². The van der Waals surface area contributed by atoms with Crippen molar-refractivity contribution in [2.45, 2.75) is 33.7 Å². The summed E-state index contributed by atoms with van der Waals surface area (Å²) in [5, 5.41) is 2.48. The van der Waals surface area contributed by atoms with Gasteiger partial charge in [-0.2, -0.15) is 0 Å². The molecule has 0 aliphatic rings. The summed E-state index contributed by atoms with van der Waals surface area (Å²) in [7, 11) is 0. The normalized spacial score (nSPS) is 12.0. The Morgan fingerprint density at radius 2 is 1.81 bits per heavy atom. The average Bonchev–Trinajstić information content (AvgIpc) is 3.20. The molecule has 5 rings (SSSR count). The number of fused-ring (bicyclic) bond motifs is 4. The van der Waals surface area contributed by atoms with Gasteiger partial charge in [0, 0.05) is 33.3 Å². The number of pyridine rings is 1. The molecule has 0 aliphatic carbocycles. The topological polar surface area (TPSA) is 30.7 Å². The van der Waals surface area contributed by atoms with E-state index in [4.69, 9.17) is 4.98 Å². The van der Waals surface area contributed by atoms with E-state index < -0.39 is 0 Å². The SMILES string of the molecule is Cc1cc(C)c2nc(-c3cccc4c3sc3ncccc34)n(C(C)C)c2c1. The number of thiophene rings is 1. The second kappa shape index (κ2) is 5.89. The fourth-order valence-corrected chi connectivity index (χ4v) is 5.21. The summed E-state index contributed by atoms with van der Waals surface area (Å²) in [4.78, 5) is 10.8. The molecule has 134 valence electrons. The molecule has 0 spiro atoms. The highest BCUT2D eigenvalue weighted by Gasteiger charge is 2.20. The van der Waals surface area contributed by atoms with E-state index in [2.05, 4.69) is 73.6 Å². The molecule has 0 fully saturated rings. The Morgan fingerprint density at radius 1 is 1.00 bits per heavy atom. The molecule has 0 N–H and O–H groups in total. The molecule has 0 amide bonds. The summed E-state index contributed by atoms with van der Waals surface area (Å²) >= 11 is 1.76. The lowest BCUT2D eigenvalue weighted by Gasteiger charge is -2.14. The first-order chi connectivity index (χ1) is 13.0. The average molecular weight is 372 g/mol. The number of rotatable bonds is 2. The molecule has 0 aliphatic heterocycles. The molecule has 0 unspecified atom stereocenters. The third-order valence-corrected chi connectivity index (χ3v) is 6.33. The minimum Gasteiger partial charge on any atom is -0.321 e. The van der Waals surface area contributed by atoms with Crippen LogP contribution >= 0.6 is 11.3 Å². The smallest absolute Gasteiger partial charge is 0.142 e. The lowest BCUT2D eigenvalue weighted by Crippen LogP contribution is -2.03. The second-order valence-corrected chi connectivity index (χ2v) is 8.49. The molecule has 4 heteroatoms. The van der Waals surface area contributed by atoms with Crippen LogP contribution < -0.4 is 0 Å². The highest BCUT2D eigenvalue weighted by molar-refractivity contribution is 7.26. The Labute approximate surface area is 162 Å². The van der Waals surface area contributed by atoms with Gasteiger partial charge < -0.3 is 4.57 Å². The molecule has 3 aromatic heterocycles. The fourth-order valence-electron chi connectivity index (χ4n) is 4.06. The number of nitrogens with zero attached hydrogens (tertiary/aromatic N) is 3. The summed E-state index contributed by atoms with van der Waals surface area (Å²) in [5.41, 5.74) is 6.01. The zero-order valence-corrected chi connectivity index (χ0v) is 16.8. The maximum absolute atomic E-state index is 5.11. The van der Waals surface area contributed by atoms with Crippen LogP contribution in [0.4, 0.5) is 0 Å². The summed E-state index contributed by atoms with van der Waals surface area (Å²) in [6.45, 7) is 8.77. The molecule has 2 aromatic carbocycles. The molecule has 0 radical (unpaired) electrons. The minimum atomic E-state index is 0.328. The zero-order chi connectivity index (χ0) is 18.7. The van der Waals surface area contributed by atoms with Gasteiger partial charge in [-0.25, -0.2) is 9.97 Å². The zero-order valence-electron chi connectivity index (χ0n) is 15.9. The van der Waals surface area contributed by atoms with Crippen LogP contribution in [0.5, 0.6) is 0 Å². The van der Waals surface area contributed by atoms with Gasteiger partial charge in [0.15, 0.2) is 0 Å². The van der Waals surface area contributed by atoms with Crippen LogP contribution in [-0.4, -0.2) is 14.5 Å². The van der Waals surface area contributed by atoms with Crippen LogP contribution in [0.25, 0.3) is 42.7 Å². The first kappa shape index (κ1) is 16.5. The molecule has 0 atom stereocenters. The molecule has 0 saturated carbocycles. The number of imidazole rings is 1. The molecular weight excluding hydrogens is 350 g/mol. The number of aromatic nitrogens is 3. The van der Waals surface area contributed by atoms with Crippen molar-refractivity contribution in [1.29, 1.82) is 0 Å². The van der Waals surface area contributed by atoms with Gasteiger partial charge in [0.05, 0.1) is 11.0 Å². The van der Waals surface area contributed by atoms with E-state index in [9.17, 15) is 0 Å². The van der Waals surface area contributed by atoms with Crippen molar-refractivity contribution in [1.82, 2.24) is 14.5 Å². The molecular formula is C23H21N3S. The van der Waals surface area contributed by atoms with E-state index in [-0.39, 0.29) is 0 Å². The minimum absolute atomic E-state index is 0.328. The van der Waals surface area contributed by atoms with Crippen molar-refractivity contribution >= 4 is 42.7 Å². The fraction of sp³-hybridized carbons (Fsp3) is 0.217. The van der Waals surface area contributed by atoms with Crippen LogP contribution in [-0.2, 0) is 0 Å². The first-order valence-electron chi connectivity index (χ1n) is 9.30. The quantitative estimate of drug-likeness (QED) is 0.347. The van der Waals surface area contributed by atoms with Crippen molar-refractivity contribution in [3.05, 3.63) is 59.8 Å². The van der Waals surface area contributed by atoms with Crippen molar-refractivity contribution in [3.8, 4) is 11.4 Å². The first-order valence-corrected chi connectivity index (χ1v) is 10.1. The van der Waals surface area contributed by atoms with Gasteiger partial charge >= 0.3 is 0 Å². The monoisotopic (exact) mass is 371 g/mol. The van der Waals surface area contributed by atoms with Crippen LogP contribution in [0.3, 0.4) is 0 Å². The van der Waals surface area contributed by atoms with E-state index in [1.165, 1.54) is 37.7 Å². The van der Waals surface area contributed by atoms with Crippen molar-refractivity contribution in [2.75, 3.05) is 0 Å². The van der Waals surface area contributed by atoms with Crippen LogP contribution in [0, 0.1) is 13.8 Å². The van der Waals surface area contributed by atoms with E-state index in [1.807, 2.05) is 12.3 Å². The highest BCUT2D eigenvalue weighted by atomic mass is 32.1. The predicted molar refractivity (Wildman–Crippen MR) is 116 cm³/mol. The van der Waals surface area contributed by atoms with Gasteiger partial charge in [-0.15, -0.1) is 11.3 Å². The van der Waals surface area contributed by atoms with Gasteiger partial charge in [0.25, 0.3) is 0 Å². The molecule has 0 bridgehead atoms. The van der Waals surface area contributed by atoms with E-state index in [0.29, 0.717) is 6.04 Å². The number of hydrogen-bond donors (Lipinski definition) is 0. The third kappa shape index (κ3) is 2.40. The lowest BCUT2D eigenvalue weighted by atomic mass is 10.1. The molecule has 0 saturated heterocycles. The lowest BCUT2D eigenvalue weighted by molar-refractivity contribution is 0.624. The Kier molecular flexibility index (Phi) is 3.59. The van der Waals surface area contributed by atoms with Crippen molar-refractivity contribution in [3.63, 3.8) is 0 Å². The summed E-state index contributed by atoms with van der Waals surface area (Å²) < 4.78 is 3.64. The van der Waals surface area contributed by atoms with Crippen molar-refractivity contribution in [2.24, 2.45) is 0 Å². The highest BCUT2D eigenvalue weighted by Crippen LogP contribution is 2.40. The molecule has 3 heterocycles. The van der Waals surface area contributed by atoms with Gasteiger partial charge in [-0.05, 0) is 63.1 Å². The van der Waals surface area contributed by atoms with Gasteiger partial charge in [0.2, 0.25) is 0 Å². The second-order valence-electron chi connectivity index (χ2n) is 7.49. The van der Waals surface area contributed by atoms with Gasteiger partial charge in [-0.3, -0.25) is 0 Å². The Balaban J connectivity index is 1.91. The third-order valence-electron chi connectivity index (χ3n) is 5.16. The Morgan fingerprint density at radius 3 is 2.63 bits per heavy atom. The maximum Gasteiger partial charge on any atom is 0.142 e. The van der Waals surface area contributed by atoms with E-state index >= 15 is 0 Å².